The fourth-order valence-corrected chi connectivity index (χ4v) is 2.05. The van der Waals surface area contributed by atoms with Crippen LogP contribution in [0.4, 0.5) is 4.39 Å². The Morgan fingerprint density at radius 3 is 2.43 bits per heavy atom. The summed E-state index contributed by atoms with van der Waals surface area (Å²) in [7, 11) is 0. The first-order chi connectivity index (χ1) is 10.2. The molecule has 1 unspecified atom stereocenters. The maximum Gasteiger partial charge on any atom is 0.247 e. The van der Waals surface area contributed by atoms with Crippen molar-refractivity contribution >= 4 is 0 Å². The van der Waals surface area contributed by atoms with Gasteiger partial charge in [-0.2, -0.15) is 0 Å². The topological polar surface area (TPSA) is 64.9 Å². The van der Waals surface area contributed by atoms with Gasteiger partial charge < -0.3 is 10.2 Å². The van der Waals surface area contributed by atoms with Gasteiger partial charge >= 0.3 is 0 Å². The minimum Gasteiger partial charge on any atom is -0.419 e. The van der Waals surface area contributed by atoms with Crippen LogP contribution >= 0.6 is 0 Å². The first kappa shape index (κ1) is 13.5. The van der Waals surface area contributed by atoms with E-state index in [1.807, 2.05) is 30.3 Å². The van der Waals surface area contributed by atoms with Gasteiger partial charge in [-0.05, 0) is 36.2 Å². The van der Waals surface area contributed by atoms with Crippen LogP contribution in [-0.4, -0.2) is 10.2 Å². The van der Waals surface area contributed by atoms with Crippen LogP contribution in [0.5, 0.6) is 0 Å². The van der Waals surface area contributed by atoms with Crippen LogP contribution in [0.1, 0.15) is 17.5 Å². The third-order valence-corrected chi connectivity index (χ3v) is 3.15. The molecular formula is C16H14FN3O. The molecule has 0 fully saturated rings. The SMILES string of the molecule is NC(Cc1ccccc1)c1nnc(-c2ccc(F)cc2)o1. The smallest absolute Gasteiger partial charge is 0.247 e. The minimum absolute atomic E-state index is 0.306. The largest absolute Gasteiger partial charge is 0.419 e. The number of hydrogen-bond acceptors (Lipinski definition) is 4. The number of nitrogens with zero attached hydrogens (tertiary/aromatic N) is 2. The van der Waals surface area contributed by atoms with Gasteiger partial charge in [0.2, 0.25) is 11.8 Å². The molecule has 1 heterocycles. The van der Waals surface area contributed by atoms with Crippen molar-refractivity contribution in [2.24, 2.45) is 5.73 Å². The van der Waals surface area contributed by atoms with Crippen molar-refractivity contribution in [3.63, 3.8) is 0 Å². The minimum atomic E-state index is -0.367. The highest BCUT2D eigenvalue weighted by Crippen LogP contribution is 2.21. The highest BCUT2D eigenvalue weighted by molar-refractivity contribution is 5.52. The third kappa shape index (κ3) is 3.14. The highest BCUT2D eigenvalue weighted by atomic mass is 19.1. The van der Waals surface area contributed by atoms with Crippen molar-refractivity contribution < 1.29 is 8.81 Å². The molecule has 3 rings (SSSR count). The summed E-state index contributed by atoms with van der Waals surface area (Å²) in [5, 5.41) is 7.94. The fraction of sp³-hybridized carbons (Fsp3) is 0.125. The second-order valence-corrected chi connectivity index (χ2v) is 4.75. The summed E-state index contributed by atoms with van der Waals surface area (Å²) >= 11 is 0. The molecule has 0 radical (unpaired) electrons. The molecule has 0 spiro atoms. The van der Waals surface area contributed by atoms with E-state index in [0.29, 0.717) is 23.8 Å². The zero-order valence-corrected chi connectivity index (χ0v) is 11.2. The maximum atomic E-state index is 12.9. The van der Waals surface area contributed by atoms with E-state index < -0.39 is 0 Å². The van der Waals surface area contributed by atoms with Crippen molar-refractivity contribution in [1.82, 2.24) is 10.2 Å². The first-order valence-electron chi connectivity index (χ1n) is 6.61. The molecule has 1 atom stereocenters. The average molecular weight is 283 g/mol. The quantitative estimate of drug-likeness (QED) is 0.799. The summed E-state index contributed by atoms with van der Waals surface area (Å²) in [6, 6.07) is 15.4. The van der Waals surface area contributed by atoms with Crippen LogP contribution < -0.4 is 5.73 Å². The standard InChI is InChI=1S/C16H14FN3O/c17-13-8-6-12(7-9-13)15-19-20-16(21-15)14(18)10-11-4-2-1-3-5-11/h1-9,14H,10,18H2. The Labute approximate surface area is 121 Å². The van der Waals surface area contributed by atoms with Gasteiger partial charge in [0.05, 0.1) is 6.04 Å². The molecule has 106 valence electrons. The fourth-order valence-electron chi connectivity index (χ4n) is 2.05. The molecule has 0 saturated carbocycles. The summed E-state index contributed by atoms with van der Waals surface area (Å²) in [6.07, 6.45) is 0.617. The van der Waals surface area contributed by atoms with Gasteiger partial charge in [0, 0.05) is 5.56 Å². The van der Waals surface area contributed by atoms with E-state index in [4.69, 9.17) is 10.2 Å². The number of nitrogens with two attached hydrogens (primary N) is 1. The number of rotatable bonds is 4. The highest BCUT2D eigenvalue weighted by Gasteiger charge is 2.16. The van der Waals surface area contributed by atoms with Crippen molar-refractivity contribution in [2.75, 3.05) is 0 Å². The zero-order chi connectivity index (χ0) is 14.7. The lowest BCUT2D eigenvalue weighted by atomic mass is 10.1. The van der Waals surface area contributed by atoms with E-state index >= 15 is 0 Å². The summed E-state index contributed by atoms with van der Waals surface area (Å²) in [5.74, 6) is 0.408. The van der Waals surface area contributed by atoms with Crippen molar-refractivity contribution in [3.05, 3.63) is 71.9 Å². The molecule has 4 nitrogen and oxygen atoms in total. The Bertz CT molecular complexity index is 710. The second-order valence-electron chi connectivity index (χ2n) is 4.75. The molecule has 0 amide bonds. The zero-order valence-electron chi connectivity index (χ0n) is 11.2. The van der Waals surface area contributed by atoms with Gasteiger partial charge in [0.1, 0.15) is 5.82 Å². The molecule has 0 aliphatic carbocycles. The van der Waals surface area contributed by atoms with Gasteiger partial charge in [0.25, 0.3) is 0 Å². The predicted octanol–water partition coefficient (Wildman–Crippen LogP) is 3.12. The first-order valence-corrected chi connectivity index (χ1v) is 6.61. The molecule has 3 aromatic rings. The van der Waals surface area contributed by atoms with E-state index in [0.717, 1.165) is 5.56 Å². The van der Waals surface area contributed by atoms with Crippen LogP contribution in [0.25, 0.3) is 11.5 Å². The third-order valence-electron chi connectivity index (χ3n) is 3.15. The molecule has 0 aliphatic rings. The molecule has 0 saturated heterocycles. The van der Waals surface area contributed by atoms with E-state index in [2.05, 4.69) is 10.2 Å². The van der Waals surface area contributed by atoms with E-state index in [9.17, 15) is 4.39 Å². The van der Waals surface area contributed by atoms with Crippen LogP contribution in [0.2, 0.25) is 0 Å². The monoisotopic (exact) mass is 283 g/mol. The van der Waals surface area contributed by atoms with Crippen LogP contribution in [0.3, 0.4) is 0 Å². The van der Waals surface area contributed by atoms with Crippen LogP contribution in [0.15, 0.2) is 59.0 Å². The van der Waals surface area contributed by atoms with Gasteiger partial charge in [-0.1, -0.05) is 30.3 Å². The van der Waals surface area contributed by atoms with Crippen molar-refractivity contribution in [2.45, 2.75) is 12.5 Å². The molecule has 0 bridgehead atoms. The van der Waals surface area contributed by atoms with Crippen molar-refractivity contribution in [3.8, 4) is 11.5 Å². The normalized spacial score (nSPS) is 12.3. The lowest BCUT2D eigenvalue weighted by Crippen LogP contribution is -2.13. The summed E-state index contributed by atoms with van der Waals surface area (Å²) in [5.41, 5.74) is 7.86. The van der Waals surface area contributed by atoms with E-state index in [-0.39, 0.29) is 11.9 Å². The van der Waals surface area contributed by atoms with Gasteiger partial charge in [-0.15, -0.1) is 10.2 Å². The number of aromatic nitrogens is 2. The van der Waals surface area contributed by atoms with E-state index in [1.165, 1.54) is 12.1 Å². The molecule has 2 N–H and O–H groups in total. The van der Waals surface area contributed by atoms with Crippen LogP contribution in [0, 0.1) is 5.82 Å². The molecule has 21 heavy (non-hydrogen) atoms. The second kappa shape index (κ2) is 5.85. The molecule has 0 aliphatic heterocycles. The number of benzene rings is 2. The Hall–Kier alpha value is -2.53. The predicted molar refractivity (Wildman–Crippen MR) is 76.8 cm³/mol. The molecule has 5 heteroatoms. The van der Waals surface area contributed by atoms with Crippen molar-refractivity contribution in [1.29, 1.82) is 0 Å². The van der Waals surface area contributed by atoms with Gasteiger partial charge in [0.15, 0.2) is 0 Å². The average Bonchev–Trinajstić information content (AvgIpc) is 2.99. The Balaban J connectivity index is 1.76. The summed E-state index contributed by atoms with van der Waals surface area (Å²) in [4.78, 5) is 0. The summed E-state index contributed by atoms with van der Waals surface area (Å²) < 4.78 is 18.5. The Kier molecular flexibility index (Phi) is 3.75. The van der Waals surface area contributed by atoms with Gasteiger partial charge in [-0.3, -0.25) is 0 Å². The number of halogens is 1. The molecule has 2 aromatic carbocycles. The molecule has 1 aromatic heterocycles. The van der Waals surface area contributed by atoms with Crippen LogP contribution in [-0.2, 0) is 6.42 Å². The van der Waals surface area contributed by atoms with E-state index in [1.54, 1.807) is 12.1 Å². The Morgan fingerprint density at radius 1 is 1.00 bits per heavy atom. The lowest BCUT2D eigenvalue weighted by molar-refractivity contribution is 0.457. The van der Waals surface area contributed by atoms with Gasteiger partial charge in [-0.25, -0.2) is 4.39 Å². The lowest BCUT2D eigenvalue weighted by Gasteiger charge is -2.06. The Morgan fingerprint density at radius 2 is 1.71 bits per heavy atom. The number of hydrogen-bond donors (Lipinski definition) is 1. The summed E-state index contributed by atoms with van der Waals surface area (Å²) in [6.45, 7) is 0. The molecular weight excluding hydrogens is 269 g/mol. The maximum absolute atomic E-state index is 12.9.